The quantitative estimate of drug-likeness (QED) is 0.146. The van der Waals surface area contributed by atoms with Crippen LogP contribution in [-0.4, -0.2) is 79.1 Å². The lowest BCUT2D eigenvalue weighted by Gasteiger charge is -2.42. The molecule has 1 saturated carbocycles. The molecule has 1 aliphatic carbocycles. The Balaban J connectivity index is 3.70. The van der Waals surface area contributed by atoms with Crippen molar-refractivity contribution in [3.63, 3.8) is 0 Å². The first kappa shape index (κ1) is 44.8. The number of alkyl halides is 23. The number of halogens is 23. The van der Waals surface area contributed by atoms with Gasteiger partial charge >= 0.3 is 72.5 Å². The van der Waals surface area contributed by atoms with E-state index in [2.05, 4.69) is 4.74 Å². The molecule has 1 fully saturated rings. The minimum Gasteiger partial charge on any atom is -0.461 e. The molecule has 3 atom stereocenters. The van der Waals surface area contributed by atoms with Gasteiger partial charge in [-0.15, -0.1) is 0 Å². The molecule has 0 N–H and O–H groups in total. The molecule has 0 amide bonds. The molecule has 0 heterocycles. The highest BCUT2D eigenvalue weighted by Crippen LogP contribution is 2.59. The topological polar surface area (TPSA) is 54.0 Å². The van der Waals surface area contributed by atoms with E-state index < -0.39 is 85.0 Å². The number of carbonyl (C=O) groups excluding carboxylic acids is 1. The van der Waals surface area contributed by atoms with E-state index >= 15 is 0 Å². The highest BCUT2D eigenvalue weighted by Gasteiger charge is 2.88. The van der Waals surface area contributed by atoms with Crippen molar-refractivity contribution in [2.75, 3.05) is 6.61 Å². The van der Waals surface area contributed by atoms with Crippen LogP contribution >= 0.6 is 0 Å². The molecule has 28 heteroatoms. The predicted octanol–water partition coefficient (Wildman–Crippen LogP) is 9.60. The summed E-state index contributed by atoms with van der Waals surface area (Å²) in [5.41, 5.74) is 0. The van der Waals surface area contributed by atoms with Crippen LogP contribution in [0.25, 0.3) is 0 Å². The Kier molecular flexibility index (Phi) is 12.5. The standard InChI is InChI=1S/C21H17F23O5/c22-11(15(27,28)29,10(45)46-8-9-6-4-2-1-3-5-7-9)47-20(41,42)13(25,17(33,34)35)49-21(43,44)14(26,18(36,37)38)48-19(39,40)12(23,24)16(30,31)32/h9H,1-8H2. The molecule has 292 valence electrons. The van der Waals surface area contributed by atoms with Crippen LogP contribution in [0.15, 0.2) is 0 Å². The van der Waals surface area contributed by atoms with Crippen LogP contribution in [0.5, 0.6) is 0 Å². The first-order valence-electron chi connectivity index (χ1n) is 12.5. The molecule has 1 rings (SSSR count). The largest absolute Gasteiger partial charge is 0.462 e. The Labute approximate surface area is 255 Å². The minimum atomic E-state index is -8.75. The van der Waals surface area contributed by atoms with Crippen LogP contribution in [0.3, 0.4) is 0 Å². The lowest BCUT2D eigenvalue weighted by Crippen LogP contribution is -2.71. The van der Waals surface area contributed by atoms with E-state index in [0.717, 1.165) is 4.74 Å². The van der Waals surface area contributed by atoms with Gasteiger partial charge in [0.05, 0.1) is 6.61 Å². The maximum Gasteiger partial charge on any atom is 0.462 e. The van der Waals surface area contributed by atoms with E-state index in [1.807, 2.05) is 4.74 Å². The second kappa shape index (κ2) is 13.7. The van der Waals surface area contributed by atoms with Gasteiger partial charge in [0, 0.05) is 0 Å². The molecular weight excluding hydrogens is 769 g/mol. The van der Waals surface area contributed by atoms with E-state index in [0.29, 0.717) is 19.3 Å². The summed E-state index contributed by atoms with van der Waals surface area (Å²) in [7, 11) is 0. The van der Waals surface area contributed by atoms with Crippen molar-refractivity contribution >= 4 is 5.97 Å². The average molecular weight is 786 g/mol. The van der Waals surface area contributed by atoms with E-state index in [9.17, 15) is 106 Å². The molecular formula is C21H17F23O5. The fourth-order valence-corrected chi connectivity index (χ4v) is 3.66. The predicted molar refractivity (Wildman–Crippen MR) is 106 cm³/mol. The van der Waals surface area contributed by atoms with Crippen molar-refractivity contribution < 1.29 is 125 Å². The Hall–Kier alpha value is -2.26. The summed E-state index contributed by atoms with van der Waals surface area (Å²) in [6.07, 6.45) is -55.4. The van der Waals surface area contributed by atoms with Crippen molar-refractivity contribution in [2.24, 2.45) is 5.92 Å². The Morgan fingerprint density at radius 3 is 1.14 bits per heavy atom. The maximum atomic E-state index is 14.7. The van der Waals surface area contributed by atoms with Crippen LogP contribution < -0.4 is 0 Å². The monoisotopic (exact) mass is 786 g/mol. The number of ether oxygens (including phenoxy) is 4. The van der Waals surface area contributed by atoms with Gasteiger partial charge in [0.2, 0.25) is 0 Å². The van der Waals surface area contributed by atoms with Crippen LogP contribution in [0.1, 0.15) is 44.9 Å². The highest BCUT2D eigenvalue weighted by molar-refractivity contribution is 5.78. The zero-order valence-electron chi connectivity index (χ0n) is 23.0. The van der Waals surface area contributed by atoms with E-state index in [1.165, 1.54) is 4.74 Å². The number of esters is 1. The van der Waals surface area contributed by atoms with Gasteiger partial charge in [-0.25, -0.2) is 4.79 Å². The van der Waals surface area contributed by atoms with E-state index in [4.69, 9.17) is 0 Å². The van der Waals surface area contributed by atoms with Crippen LogP contribution in [0, 0.1) is 5.92 Å². The minimum absolute atomic E-state index is 0.0135. The van der Waals surface area contributed by atoms with Crippen LogP contribution in [0.4, 0.5) is 101 Å². The second-order valence-electron chi connectivity index (χ2n) is 10.0. The van der Waals surface area contributed by atoms with E-state index in [-0.39, 0.29) is 25.7 Å². The summed E-state index contributed by atoms with van der Waals surface area (Å²) in [6.45, 7) is -1.35. The molecule has 0 aromatic carbocycles. The number of carbonyl (C=O) groups is 1. The van der Waals surface area contributed by atoms with Crippen LogP contribution in [-0.2, 0) is 23.7 Å². The molecule has 0 spiro atoms. The van der Waals surface area contributed by atoms with Crippen molar-refractivity contribution in [1.82, 2.24) is 0 Å². The second-order valence-corrected chi connectivity index (χ2v) is 10.0. The van der Waals surface area contributed by atoms with Crippen molar-refractivity contribution in [2.45, 2.75) is 111 Å². The third-order valence-corrected chi connectivity index (χ3v) is 6.31. The smallest absolute Gasteiger partial charge is 0.461 e. The van der Waals surface area contributed by atoms with Gasteiger partial charge in [0.15, 0.2) is 0 Å². The normalized spacial score (nSPS) is 21.2. The number of rotatable bonds is 12. The molecule has 3 unspecified atom stereocenters. The molecule has 0 radical (unpaired) electrons. The van der Waals surface area contributed by atoms with Gasteiger partial charge in [-0.1, -0.05) is 32.1 Å². The number of hydrogen-bond acceptors (Lipinski definition) is 5. The third-order valence-electron chi connectivity index (χ3n) is 6.31. The van der Waals surface area contributed by atoms with Gasteiger partial charge < -0.3 is 4.74 Å². The van der Waals surface area contributed by atoms with Gasteiger partial charge in [0.1, 0.15) is 0 Å². The SMILES string of the molecule is O=C(OCC1CCCCCCC1)C(F)(OC(F)(F)C(F)(OC(F)(F)C(F)(OC(F)(F)C(F)(F)C(F)(F)F)C(F)(F)F)C(F)(F)F)C(F)(F)F. The molecule has 0 bridgehead atoms. The first-order chi connectivity index (χ1) is 21.4. The lowest BCUT2D eigenvalue weighted by molar-refractivity contribution is -0.578. The summed E-state index contributed by atoms with van der Waals surface area (Å²) in [5, 5.41) is 0. The van der Waals surface area contributed by atoms with Crippen molar-refractivity contribution in [3.8, 4) is 0 Å². The molecule has 0 saturated heterocycles. The van der Waals surface area contributed by atoms with Gasteiger partial charge in [-0.2, -0.15) is 101 Å². The molecule has 5 nitrogen and oxygen atoms in total. The third kappa shape index (κ3) is 8.80. The summed E-state index contributed by atoms with van der Waals surface area (Å²) in [5.74, 6) is -37.4. The number of hydrogen-bond donors (Lipinski definition) is 0. The lowest BCUT2D eigenvalue weighted by atomic mass is 9.92. The molecule has 0 aliphatic heterocycles. The zero-order chi connectivity index (χ0) is 39.1. The highest BCUT2D eigenvalue weighted by atomic mass is 19.4. The Morgan fingerprint density at radius 1 is 0.449 bits per heavy atom. The average Bonchev–Trinajstić information content (AvgIpc) is 2.84. The Bertz CT molecular complexity index is 1120. The summed E-state index contributed by atoms with van der Waals surface area (Å²) >= 11 is 0. The van der Waals surface area contributed by atoms with Crippen molar-refractivity contribution in [1.29, 1.82) is 0 Å². The van der Waals surface area contributed by atoms with Gasteiger partial charge in [-0.05, 0) is 18.8 Å². The maximum absolute atomic E-state index is 14.7. The molecule has 0 aromatic heterocycles. The van der Waals surface area contributed by atoms with Gasteiger partial charge in [-0.3, -0.25) is 14.2 Å². The fraction of sp³-hybridized carbons (Fsp3) is 0.952. The summed E-state index contributed by atoms with van der Waals surface area (Å²) in [6, 6.07) is 0. The van der Waals surface area contributed by atoms with E-state index in [1.54, 1.807) is 0 Å². The van der Waals surface area contributed by atoms with Gasteiger partial charge in [0.25, 0.3) is 0 Å². The first-order valence-corrected chi connectivity index (χ1v) is 12.5. The van der Waals surface area contributed by atoms with Crippen molar-refractivity contribution in [3.05, 3.63) is 0 Å². The molecule has 0 aromatic rings. The zero-order valence-corrected chi connectivity index (χ0v) is 23.0. The Morgan fingerprint density at radius 2 is 0.796 bits per heavy atom. The molecule has 49 heavy (non-hydrogen) atoms. The summed E-state index contributed by atoms with van der Waals surface area (Å²) < 4.78 is 316. The summed E-state index contributed by atoms with van der Waals surface area (Å²) in [4.78, 5) is 11.8. The van der Waals surface area contributed by atoms with Crippen LogP contribution in [0.2, 0.25) is 0 Å². The molecule has 1 aliphatic rings. The fourth-order valence-electron chi connectivity index (χ4n) is 3.66.